The number of aryl methyl sites for hydroxylation is 4. The maximum atomic E-state index is 13.6. The predicted octanol–water partition coefficient (Wildman–Crippen LogP) is 5.32. The van der Waals surface area contributed by atoms with E-state index in [1.165, 1.54) is 4.90 Å². The summed E-state index contributed by atoms with van der Waals surface area (Å²) in [4.78, 5) is 28.3. The van der Waals surface area contributed by atoms with Gasteiger partial charge < -0.3 is 5.32 Å². The van der Waals surface area contributed by atoms with Crippen molar-refractivity contribution in [3.8, 4) is 0 Å². The fraction of sp³-hybridized carbons (Fsp3) is 0.154. The van der Waals surface area contributed by atoms with E-state index in [9.17, 15) is 9.59 Å². The molecule has 0 aliphatic carbocycles. The van der Waals surface area contributed by atoms with E-state index in [0.717, 1.165) is 33.5 Å². The highest BCUT2D eigenvalue weighted by Crippen LogP contribution is 2.35. The van der Waals surface area contributed by atoms with Gasteiger partial charge >= 0.3 is 0 Å². The summed E-state index contributed by atoms with van der Waals surface area (Å²) in [5.41, 5.74) is 7.03. The van der Waals surface area contributed by atoms with Crippen molar-refractivity contribution >= 4 is 28.8 Å². The van der Waals surface area contributed by atoms with Crippen LogP contribution in [0.15, 0.2) is 72.4 Å². The number of carbonyl (C=O) groups excluding carboxylic acids is 2. The molecule has 1 N–H and O–H groups in total. The fourth-order valence-corrected chi connectivity index (χ4v) is 3.75. The van der Waals surface area contributed by atoms with Crippen LogP contribution in [0, 0.1) is 27.7 Å². The molecule has 0 bridgehead atoms. The van der Waals surface area contributed by atoms with Gasteiger partial charge in [-0.2, -0.15) is 0 Å². The Balaban J connectivity index is 1.86. The van der Waals surface area contributed by atoms with Crippen LogP contribution in [0.2, 0.25) is 0 Å². The maximum Gasteiger partial charge on any atom is 0.282 e. The highest BCUT2D eigenvalue weighted by Gasteiger charge is 2.40. The minimum Gasteiger partial charge on any atom is -0.350 e. The van der Waals surface area contributed by atoms with Crippen LogP contribution in [0.25, 0.3) is 5.57 Å². The lowest BCUT2D eigenvalue weighted by Gasteiger charge is -2.17. The van der Waals surface area contributed by atoms with Gasteiger partial charge in [-0.05, 0) is 74.2 Å². The van der Waals surface area contributed by atoms with Crippen LogP contribution in [-0.2, 0) is 9.59 Å². The standard InChI is InChI=1S/C26H24N2O2/c1-16-10-13-22(19(4)14-16)23-24(27-20-8-6-5-7-9-20)26(30)28(25(23)29)21-12-11-17(2)18(3)15-21/h5-15,27H,1-4H3. The molecule has 3 aromatic carbocycles. The lowest BCUT2D eigenvalue weighted by Crippen LogP contribution is -2.32. The van der Waals surface area contributed by atoms with Crippen LogP contribution in [-0.4, -0.2) is 11.8 Å². The lowest BCUT2D eigenvalue weighted by molar-refractivity contribution is -0.120. The minimum atomic E-state index is -0.345. The quantitative estimate of drug-likeness (QED) is 0.608. The Labute approximate surface area is 176 Å². The Kier molecular flexibility index (Phi) is 5.00. The Morgan fingerprint density at radius 2 is 1.43 bits per heavy atom. The summed E-state index contributed by atoms with van der Waals surface area (Å²) in [5, 5.41) is 3.20. The zero-order valence-corrected chi connectivity index (χ0v) is 17.6. The van der Waals surface area contributed by atoms with E-state index in [4.69, 9.17) is 0 Å². The summed E-state index contributed by atoms with van der Waals surface area (Å²) in [6, 6.07) is 21.0. The summed E-state index contributed by atoms with van der Waals surface area (Å²) in [5.74, 6) is -0.657. The molecule has 0 aromatic heterocycles. The summed E-state index contributed by atoms with van der Waals surface area (Å²) >= 11 is 0. The molecule has 0 unspecified atom stereocenters. The van der Waals surface area contributed by atoms with Gasteiger partial charge in [0, 0.05) is 5.69 Å². The average molecular weight is 396 g/mol. The van der Waals surface area contributed by atoms with Gasteiger partial charge in [-0.15, -0.1) is 0 Å². The smallest absolute Gasteiger partial charge is 0.282 e. The predicted molar refractivity (Wildman–Crippen MR) is 121 cm³/mol. The second kappa shape index (κ2) is 7.64. The van der Waals surface area contributed by atoms with E-state index in [-0.39, 0.29) is 11.8 Å². The number of para-hydroxylation sites is 1. The van der Waals surface area contributed by atoms with Gasteiger partial charge in [-0.25, -0.2) is 4.90 Å². The van der Waals surface area contributed by atoms with Gasteiger partial charge in [-0.1, -0.05) is 48.0 Å². The van der Waals surface area contributed by atoms with E-state index in [1.54, 1.807) is 0 Å². The first-order valence-electron chi connectivity index (χ1n) is 9.97. The van der Waals surface area contributed by atoms with Crippen molar-refractivity contribution in [1.82, 2.24) is 0 Å². The first-order chi connectivity index (χ1) is 14.4. The number of benzene rings is 3. The van der Waals surface area contributed by atoms with Gasteiger partial charge in [0.15, 0.2) is 0 Å². The largest absolute Gasteiger partial charge is 0.350 e. The zero-order valence-electron chi connectivity index (χ0n) is 17.6. The molecular weight excluding hydrogens is 372 g/mol. The molecule has 4 nitrogen and oxygen atoms in total. The second-order valence-electron chi connectivity index (χ2n) is 7.77. The first-order valence-corrected chi connectivity index (χ1v) is 9.97. The van der Waals surface area contributed by atoms with Crippen molar-refractivity contribution in [2.45, 2.75) is 27.7 Å². The van der Waals surface area contributed by atoms with Crippen LogP contribution in [0.1, 0.15) is 27.8 Å². The van der Waals surface area contributed by atoms with Crippen molar-refractivity contribution in [2.75, 3.05) is 10.2 Å². The monoisotopic (exact) mass is 396 g/mol. The lowest BCUT2D eigenvalue weighted by atomic mass is 9.97. The molecule has 1 heterocycles. The zero-order chi connectivity index (χ0) is 21.4. The number of anilines is 2. The molecule has 0 spiro atoms. The van der Waals surface area contributed by atoms with Crippen LogP contribution < -0.4 is 10.2 Å². The third-order valence-corrected chi connectivity index (χ3v) is 5.53. The Morgan fingerprint density at radius 1 is 0.700 bits per heavy atom. The van der Waals surface area contributed by atoms with Crippen LogP contribution >= 0.6 is 0 Å². The number of hydrogen-bond donors (Lipinski definition) is 1. The van der Waals surface area contributed by atoms with Gasteiger partial charge in [0.2, 0.25) is 0 Å². The number of nitrogens with one attached hydrogen (secondary N) is 1. The van der Waals surface area contributed by atoms with E-state index >= 15 is 0 Å². The van der Waals surface area contributed by atoms with Gasteiger partial charge in [0.25, 0.3) is 11.8 Å². The average Bonchev–Trinajstić information content (AvgIpc) is 2.95. The molecule has 0 saturated heterocycles. The summed E-state index contributed by atoms with van der Waals surface area (Å²) < 4.78 is 0. The molecule has 1 aliphatic rings. The maximum absolute atomic E-state index is 13.6. The molecule has 0 fully saturated rings. The molecule has 3 aromatic rings. The van der Waals surface area contributed by atoms with Crippen molar-refractivity contribution in [2.24, 2.45) is 0 Å². The number of hydrogen-bond acceptors (Lipinski definition) is 3. The second-order valence-corrected chi connectivity index (χ2v) is 7.77. The SMILES string of the molecule is Cc1ccc(C2=C(Nc3ccccc3)C(=O)N(c3ccc(C)c(C)c3)C2=O)c(C)c1. The molecule has 150 valence electrons. The summed E-state index contributed by atoms with van der Waals surface area (Å²) in [6.07, 6.45) is 0. The Morgan fingerprint density at radius 3 is 2.10 bits per heavy atom. The highest BCUT2D eigenvalue weighted by molar-refractivity contribution is 6.46. The molecular formula is C26H24N2O2. The van der Waals surface area contributed by atoms with Crippen molar-refractivity contribution in [3.63, 3.8) is 0 Å². The third-order valence-electron chi connectivity index (χ3n) is 5.53. The number of amides is 2. The number of carbonyl (C=O) groups is 2. The fourth-order valence-electron chi connectivity index (χ4n) is 3.75. The van der Waals surface area contributed by atoms with E-state index in [0.29, 0.717) is 17.0 Å². The van der Waals surface area contributed by atoms with Gasteiger partial charge in [0.1, 0.15) is 5.70 Å². The van der Waals surface area contributed by atoms with Crippen LogP contribution in [0.3, 0.4) is 0 Å². The van der Waals surface area contributed by atoms with Gasteiger partial charge in [0.05, 0.1) is 11.3 Å². The first kappa shape index (κ1) is 19.6. The Bertz CT molecular complexity index is 1190. The van der Waals surface area contributed by atoms with Crippen LogP contribution in [0.5, 0.6) is 0 Å². The van der Waals surface area contributed by atoms with Crippen molar-refractivity contribution in [3.05, 3.63) is 100 Å². The molecule has 1 aliphatic heterocycles. The summed E-state index contributed by atoms with van der Waals surface area (Å²) in [7, 11) is 0. The molecule has 30 heavy (non-hydrogen) atoms. The molecule has 4 rings (SSSR count). The molecule has 0 saturated carbocycles. The molecule has 2 amide bonds. The molecule has 0 atom stereocenters. The van der Waals surface area contributed by atoms with E-state index in [1.807, 2.05) is 94.4 Å². The van der Waals surface area contributed by atoms with Crippen LogP contribution in [0.4, 0.5) is 11.4 Å². The van der Waals surface area contributed by atoms with Gasteiger partial charge in [-0.3, -0.25) is 9.59 Å². The normalized spacial score (nSPS) is 13.9. The number of imide groups is 1. The van der Waals surface area contributed by atoms with E-state index < -0.39 is 0 Å². The number of nitrogens with zero attached hydrogens (tertiary/aromatic N) is 1. The number of rotatable bonds is 4. The molecule has 4 heteroatoms. The Hall–Kier alpha value is -3.66. The molecule has 0 radical (unpaired) electrons. The topological polar surface area (TPSA) is 49.4 Å². The van der Waals surface area contributed by atoms with E-state index in [2.05, 4.69) is 5.32 Å². The highest BCUT2D eigenvalue weighted by atomic mass is 16.2. The minimum absolute atomic E-state index is 0.302. The third kappa shape index (κ3) is 3.41. The van der Waals surface area contributed by atoms with Crippen molar-refractivity contribution in [1.29, 1.82) is 0 Å². The van der Waals surface area contributed by atoms with Crippen molar-refractivity contribution < 1.29 is 9.59 Å². The summed E-state index contributed by atoms with van der Waals surface area (Å²) in [6.45, 7) is 7.96.